The number of aliphatic hydroxyl groups is 1. The maximum atomic E-state index is 10.4. The van der Waals surface area contributed by atoms with Gasteiger partial charge in [-0.15, -0.1) is 0 Å². The Hall–Kier alpha value is -0.860. The van der Waals surface area contributed by atoms with Gasteiger partial charge in [0, 0.05) is 12.5 Å². The molecule has 0 heterocycles. The van der Waals surface area contributed by atoms with Crippen molar-refractivity contribution in [1.29, 1.82) is 0 Å². The van der Waals surface area contributed by atoms with E-state index in [4.69, 9.17) is 5.73 Å². The van der Waals surface area contributed by atoms with E-state index >= 15 is 0 Å². The van der Waals surface area contributed by atoms with Crippen molar-refractivity contribution in [3.8, 4) is 0 Å². The van der Waals surface area contributed by atoms with Crippen molar-refractivity contribution in [1.82, 2.24) is 0 Å². The fraction of sp³-hybridized carbons (Fsp3) is 0.625. The maximum absolute atomic E-state index is 10.4. The number of aryl methyl sites for hydroxylation is 1. The second-order valence-corrected chi connectivity index (χ2v) is 5.71. The van der Waals surface area contributed by atoms with Gasteiger partial charge in [0.05, 0.1) is 6.10 Å². The van der Waals surface area contributed by atoms with E-state index in [1.54, 1.807) is 0 Å². The number of benzene rings is 1. The molecule has 0 radical (unpaired) electrons. The van der Waals surface area contributed by atoms with Crippen LogP contribution in [0.3, 0.4) is 0 Å². The van der Waals surface area contributed by atoms with Crippen molar-refractivity contribution in [2.75, 3.05) is 6.54 Å². The van der Waals surface area contributed by atoms with E-state index in [2.05, 4.69) is 31.2 Å². The third kappa shape index (κ3) is 3.33. The highest BCUT2D eigenvalue weighted by Crippen LogP contribution is 2.32. The van der Waals surface area contributed by atoms with Gasteiger partial charge in [0.1, 0.15) is 0 Å². The van der Waals surface area contributed by atoms with Crippen molar-refractivity contribution in [2.45, 2.75) is 51.0 Å². The quantitative estimate of drug-likeness (QED) is 0.840. The Morgan fingerprint density at radius 1 is 1.22 bits per heavy atom. The number of nitrogens with two attached hydrogens (primary N) is 1. The lowest BCUT2D eigenvalue weighted by atomic mass is 9.87. The molecule has 0 aromatic heterocycles. The molecule has 0 spiro atoms. The third-order valence-corrected chi connectivity index (χ3v) is 4.27. The Morgan fingerprint density at radius 3 is 2.39 bits per heavy atom. The summed E-state index contributed by atoms with van der Waals surface area (Å²) in [6.45, 7) is 2.60. The van der Waals surface area contributed by atoms with E-state index in [0.717, 1.165) is 6.42 Å². The molecule has 1 aromatic carbocycles. The molecule has 2 atom stereocenters. The van der Waals surface area contributed by atoms with Gasteiger partial charge >= 0.3 is 0 Å². The number of hydrogen-bond acceptors (Lipinski definition) is 2. The molecule has 1 saturated carbocycles. The average Bonchev–Trinajstić information content (AvgIpc) is 2.85. The van der Waals surface area contributed by atoms with Gasteiger partial charge in [-0.2, -0.15) is 0 Å². The van der Waals surface area contributed by atoms with Gasteiger partial charge in [-0.1, -0.05) is 55.5 Å². The molecule has 3 N–H and O–H groups in total. The van der Waals surface area contributed by atoms with Crippen LogP contribution in [0.1, 0.15) is 49.1 Å². The zero-order valence-electron chi connectivity index (χ0n) is 11.3. The van der Waals surface area contributed by atoms with Crippen molar-refractivity contribution < 1.29 is 5.11 Å². The van der Waals surface area contributed by atoms with Crippen LogP contribution in [0.25, 0.3) is 0 Å². The molecule has 0 amide bonds. The van der Waals surface area contributed by atoms with Gasteiger partial charge in [-0.05, 0) is 24.8 Å². The summed E-state index contributed by atoms with van der Waals surface area (Å²) in [6.07, 6.45) is 5.84. The minimum absolute atomic E-state index is 0.0891. The zero-order valence-corrected chi connectivity index (χ0v) is 11.3. The lowest BCUT2D eigenvalue weighted by Gasteiger charge is -2.24. The van der Waals surface area contributed by atoms with Crippen molar-refractivity contribution in [3.05, 3.63) is 35.4 Å². The summed E-state index contributed by atoms with van der Waals surface area (Å²) in [5.74, 6) is 0.797. The molecule has 18 heavy (non-hydrogen) atoms. The highest BCUT2D eigenvalue weighted by atomic mass is 16.3. The van der Waals surface area contributed by atoms with Gasteiger partial charge in [0.2, 0.25) is 0 Å². The van der Waals surface area contributed by atoms with Gasteiger partial charge in [-0.25, -0.2) is 0 Å². The minimum atomic E-state index is -0.291. The predicted octanol–water partition coefficient (Wildman–Crippen LogP) is 2.98. The molecule has 1 fully saturated rings. The Morgan fingerprint density at radius 2 is 1.83 bits per heavy atom. The molecular formula is C16H25NO. The molecule has 2 nitrogen and oxygen atoms in total. The smallest absolute Gasteiger partial charge is 0.0623 e. The van der Waals surface area contributed by atoms with Crippen molar-refractivity contribution >= 4 is 0 Å². The Kier molecular flexibility index (Phi) is 4.79. The summed E-state index contributed by atoms with van der Waals surface area (Å²) in [5, 5.41) is 10.4. The van der Waals surface area contributed by atoms with Gasteiger partial charge < -0.3 is 10.8 Å². The van der Waals surface area contributed by atoms with Crippen LogP contribution in [0.4, 0.5) is 0 Å². The third-order valence-electron chi connectivity index (χ3n) is 4.27. The molecule has 1 aliphatic rings. The summed E-state index contributed by atoms with van der Waals surface area (Å²) < 4.78 is 0. The minimum Gasteiger partial charge on any atom is -0.392 e. The normalized spacial score (nSPS) is 19.9. The summed E-state index contributed by atoms with van der Waals surface area (Å²) in [5.41, 5.74) is 8.28. The molecule has 1 aliphatic carbocycles. The highest BCUT2D eigenvalue weighted by molar-refractivity contribution is 5.25. The van der Waals surface area contributed by atoms with Crippen LogP contribution in [0.5, 0.6) is 0 Å². The fourth-order valence-corrected chi connectivity index (χ4v) is 3.08. The van der Waals surface area contributed by atoms with E-state index in [1.165, 1.54) is 36.8 Å². The summed E-state index contributed by atoms with van der Waals surface area (Å²) in [7, 11) is 0. The van der Waals surface area contributed by atoms with E-state index in [9.17, 15) is 5.11 Å². The van der Waals surface area contributed by atoms with Crippen LogP contribution in [0.2, 0.25) is 0 Å². The van der Waals surface area contributed by atoms with E-state index in [1.807, 2.05) is 0 Å². The van der Waals surface area contributed by atoms with Crippen molar-refractivity contribution in [3.63, 3.8) is 0 Å². The van der Waals surface area contributed by atoms with Crippen LogP contribution >= 0.6 is 0 Å². The SMILES string of the molecule is Cc1ccc(C(CN)C(O)CC2CCCC2)cc1. The molecule has 0 bridgehead atoms. The highest BCUT2D eigenvalue weighted by Gasteiger charge is 2.25. The summed E-state index contributed by atoms with van der Waals surface area (Å²) >= 11 is 0. The molecule has 0 aliphatic heterocycles. The lowest BCUT2D eigenvalue weighted by Crippen LogP contribution is -2.27. The largest absolute Gasteiger partial charge is 0.392 e. The van der Waals surface area contributed by atoms with Gasteiger partial charge in [-0.3, -0.25) is 0 Å². The second kappa shape index (κ2) is 6.35. The second-order valence-electron chi connectivity index (χ2n) is 5.71. The van der Waals surface area contributed by atoms with E-state index in [-0.39, 0.29) is 12.0 Å². The van der Waals surface area contributed by atoms with Crippen molar-refractivity contribution in [2.24, 2.45) is 11.7 Å². The van der Waals surface area contributed by atoms with Crippen LogP contribution in [-0.2, 0) is 0 Å². The van der Waals surface area contributed by atoms with Crippen LogP contribution in [0.15, 0.2) is 24.3 Å². The monoisotopic (exact) mass is 247 g/mol. The van der Waals surface area contributed by atoms with E-state index in [0.29, 0.717) is 12.5 Å². The predicted molar refractivity (Wildman–Crippen MR) is 75.6 cm³/mol. The lowest BCUT2D eigenvalue weighted by molar-refractivity contribution is 0.116. The zero-order chi connectivity index (χ0) is 13.0. The first-order valence-corrected chi connectivity index (χ1v) is 7.15. The van der Waals surface area contributed by atoms with E-state index < -0.39 is 0 Å². The van der Waals surface area contributed by atoms with Gasteiger partial charge in [0.15, 0.2) is 0 Å². The summed E-state index contributed by atoms with van der Waals surface area (Å²) in [6, 6.07) is 8.40. The van der Waals surface area contributed by atoms with Crippen LogP contribution in [0, 0.1) is 12.8 Å². The first kappa shape index (κ1) is 13.6. The molecule has 2 unspecified atom stereocenters. The van der Waals surface area contributed by atoms with Gasteiger partial charge in [0.25, 0.3) is 0 Å². The first-order valence-electron chi connectivity index (χ1n) is 7.15. The molecule has 100 valence electrons. The molecule has 0 saturated heterocycles. The number of hydrogen-bond donors (Lipinski definition) is 2. The standard InChI is InChI=1S/C16H25NO/c1-12-6-8-14(9-7-12)15(11-17)16(18)10-13-4-2-3-5-13/h6-9,13,15-16,18H,2-5,10-11,17H2,1H3. The Bertz CT molecular complexity index is 354. The fourth-order valence-electron chi connectivity index (χ4n) is 3.08. The topological polar surface area (TPSA) is 46.2 Å². The molecule has 2 heteroatoms. The van der Waals surface area contributed by atoms with Crippen LogP contribution in [-0.4, -0.2) is 17.8 Å². The number of aliphatic hydroxyl groups excluding tert-OH is 1. The maximum Gasteiger partial charge on any atom is 0.0623 e. The Balaban J connectivity index is 2.00. The number of rotatable bonds is 5. The Labute approximate surface area is 110 Å². The van der Waals surface area contributed by atoms with Crippen LogP contribution < -0.4 is 5.73 Å². The molecule has 2 rings (SSSR count). The average molecular weight is 247 g/mol. The molecule has 1 aromatic rings. The summed E-state index contributed by atoms with van der Waals surface area (Å²) in [4.78, 5) is 0. The first-order chi connectivity index (χ1) is 8.70. The molecular weight excluding hydrogens is 222 g/mol.